The van der Waals surface area contributed by atoms with E-state index in [4.69, 9.17) is 10.6 Å². The van der Waals surface area contributed by atoms with E-state index >= 15 is 0 Å². The number of halogens is 1. The topological polar surface area (TPSA) is 84.7 Å². The fraction of sp³-hybridized carbons (Fsp3) is 0.467. The Bertz CT molecular complexity index is 565. The van der Waals surface area contributed by atoms with Crippen LogP contribution in [0, 0.1) is 12.8 Å². The van der Waals surface area contributed by atoms with E-state index in [0.29, 0.717) is 18.8 Å². The van der Waals surface area contributed by atoms with E-state index in [2.05, 4.69) is 21.4 Å². The van der Waals surface area contributed by atoms with E-state index in [-0.39, 0.29) is 24.3 Å². The predicted molar refractivity (Wildman–Crippen MR) is 86.0 cm³/mol. The minimum Gasteiger partial charge on any atom is -0.483 e. The number of ether oxygens (including phenoxy) is 1. The van der Waals surface area contributed by atoms with Gasteiger partial charge < -0.3 is 9.64 Å². The molecule has 0 spiro atoms. The molecular weight excluding hydrogens is 350 g/mol. The lowest BCUT2D eigenvalue weighted by Gasteiger charge is -2.31. The van der Waals surface area contributed by atoms with Crippen molar-refractivity contribution in [2.45, 2.75) is 19.8 Å². The molecule has 1 saturated heterocycles. The molecule has 1 aliphatic rings. The Labute approximate surface area is 138 Å². The van der Waals surface area contributed by atoms with Gasteiger partial charge in [0.1, 0.15) is 5.75 Å². The van der Waals surface area contributed by atoms with Crippen molar-refractivity contribution in [3.8, 4) is 5.75 Å². The predicted octanol–water partition coefficient (Wildman–Crippen LogP) is 1.36. The molecule has 2 rings (SSSR count). The van der Waals surface area contributed by atoms with Crippen molar-refractivity contribution in [2.75, 3.05) is 19.7 Å². The summed E-state index contributed by atoms with van der Waals surface area (Å²) in [6, 6.07) is 5.63. The highest BCUT2D eigenvalue weighted by molar-refractivity contribution is 9.10. The molecule has 1 unspecified atom stereocenters. The number of carbonyl (C=O) groups excluding carboxylic acids is 2. The highest BCUT2D eigenvalue weighted by atomic mass is 79.9. The Morgan fingerprint density at radius 1 is 1.50 bits per heavy atom. The number of nitrogens with one attached hydrogen (secondary N) is 1. The molecule has 120 valence electrons. The Morgan fingerprint density at radius 2 is 2.27 bits per heavy atom. The van der Waals surface area contributed by atoms with Crippen LogP contribution >= 0.6 is 15.9 Å². The zero-order valence-electron chi connectivity index (χ0n) is 12.5. The molecule has 1 fully saturated rings. The summed E-state index contributed by atoms with van der Waals surface area (Å²) in [6.07, 6.45) is 1.54. The molecule has 22 heavy (non-hydrogen) atoms. The number of hydrazine groups is 1. The first-order chi connectivity index (χ1) is 10.5. The van der Waals surface area contributed by atoms with E-state index < -0.39 is 0 Å². The Hall–Kier alpha value is -1.60. The lowest BCUT2D eigenvalue weighted by atomic mass is 9.97. The van der Waals surface area contributed by atoms with E-state index in [0.717, 1.165) is 22.9 Å². The molecule has 1 heterocycles. The molecule has 3 N–H and O–H groups in total. The number of benzene rings is 1. The van der Waals surface area contributed by atoms with Gasteiger partial charge in [-0.15, -0.1) is 0 Å². The molecule has 1 atom stereocenters. The molecule has 0 radical (unpaired) electrons. The van der Waals surface area contributed by atoms with Gasteiger partial charge in [-0.2, -0.15) is 0 Å². The van der Waals surface area contributed by atoms with Crippen LogP contribution in [0.15, 0.2) is 22.7 Å². The van der Waals surface area contributed by atoms with E-state index in [1.165, 1.54) is 0 Å². The van der Waals surface area contributed by atoms with Gasteiger partial charge in [-0.25, -0.2) is 5.84 Å². The van der Waals surface area contributed by atoms with Crippen LogP contribution in [-0.2, 0) is 9.59 Å². The van der Waals surface area contributed by atoms with Crippen LogP contribution in [0.5, 0.6) is 5.75 Å². The number of piperidine rings is 1. The molecule has 0 aromatic heterocycles. The molecule has 0 aliphatic carbocycles. The van der Waals surface area contributed by atoms with Gasteiger partial charge in [0.15, 0.2) is 6.61 Å². The normalized spacial score (nSPS) is 18.0. The fourth-order valence-corrected chi connectivity index (χ4v) is 3.02. The van der Waals surface area contributed by atoms with Crippen molar-refractivity contribution in [3.05, 3.63) is 28.2 Å². The van der Waals surface area contributed by atoms with Gasteiger partial charge in [0, 0.05) is 17.6 Å². The van der Waals surface area contributed by atoms with Gasteiger partial charge in [0.05, 0.1) is 5.92 Å². The van der Waals surface area contributed by atoms with Gasteiger partial charge >= 0.3 is 0 Å². The van der Waals surface area contributed by atoms with Crippen LogP contribution in [0.3, 0.4) is 0 Å². The van der Waals surface area contributed by atoms with Gasteiger partial charge in [-0.3, -0.25) is 15.0 Å². The average Bonchev–Trinajstić information content (AvgIpc) is 2.53. The molecule has 2 amide bonds. The van der Waals surface area contributed by atoms with Crippen molar-refractivity contribution in [1.29, 1.82) is 0 Å². The lowest BCUT2D eigenvalue weighted by Crippen LogP contribution is -2.48. The van der Waals surface area contributed by atoms with E-state index in [1.54, 1.807) is 4.90 Å². The first-order valence-corrected chi connectivity index (χ1v) is 7.97. The molecule has 7 heteroatoms. The lowest BCUT2D eigenvalue weighted by molar-refractivity contribution is -0.137. The molecule has 1 aliphatic heterocycles. The van der Waals surface area contributed by atoms with Crippen molar-refractivity contribution < 1.29 is 14.3 Å². The number of nitrogens with two attached hydrogens (primary N) is 1. The second kappa shape index (κ2) is 7.60. The van der Waals surface area contributed by atoms with Crippen LogP contribution in [0.25, 0.3) is 0 Å². The minimum absolute atomic E-state index is 0.0283. The number of amides is 2. The van der Waals surface area contributed by atoms with Crippen LogP contribution in [0.4, 0.5) is 0 Å². The molecule has 1 aromatic rings. The number of likely N-dealkylation sites (tertiary alicyclic amines) is 1. The number of rotatable bonds is 4. The highest BCUT2D eigenvalue weighted by Gasteiger charge is 2.28. The van der Waals surface area contributed by atoms with Crippen LogP contribution in [0.1, 0.15) is 18.4 Å². The third-order valence-electron chi connectivity index (χ3n) is 3.78. The monoisotopic (exact) mass is 369 g/mol. The van der Waals surface area contributed by atoms with E-state index in [1.807, 2.05) is 25.1 Å². The Kier molecular flexibility index (Phi) is 5.79. The van der Waals surface area contributed by atoms with Crippen LogP contribution < -0.4 is 16.0 Å². The molecular formula is C15H20BrN3O3. The maximum Gasteiger partial charge on any atom is 0.260 e. The van der Waals surface area contributed by atoms with Crippen molar-refractivity contribution >= 4 is 27.7 Å². The van der Waals surface area contributed by atoms with Gasteiger partial charge in [-0.05, 0) is 43.5 Å². The van der Waals surface area contributed by atoms with Crippen molar-refractivity contribution in [2.24, 2.45) is 11.8 Å². The first kappa shape index (κ1) is 16.8. The maximum absolute atomic E-state index is 12.2. The molecule has 1 aromatic carbocycles. The van der Waals surface area contributed by atoms with Crippen molar-refractivity contribution in [1.82, 2.24) is 10.3 Å². The second-order valence-electron chi connectivity index (χ2n) is 5.39. The summed E-state index contributed by atoms with van der Waals surface area (Å²) in [4.78, 5) is 25.5. The zero-order valence-corrected chi connectivity index (χ0v) is 14.1. The maximum atomic E-state index is 12.2. The quantitative estimate of drug-likeness (QED) is 0.476. The number of hydrogen-bond acceptors (Lipinski definition) is 4. The third-order valence-corrected chi connectivity index (χ3v) is 4.27. The summed E-state index contributed by atoms with van der Waals surface area (Å²) in [7, 11) is 0. The standard InChI is InChI=1S/C15H20BrN3O3/c1-10-7-12(16)4-5-13(10)22-9-14(20)19-6-2-3-11(8-19)15(21)18-17/h4-5,7,11H,2-3,6,8-9,17H2,1H3,(H,18,21). The summed E-state index contributed by atoms with van der Waals surface area (Å²) in [6.45, 7) is 2.94. The SMILES string of the molecule is Cc1cc(Br)ccc1OCC(=O)N1CCCC(C(=O)NN)C1. The van der Waals surface area contributed by atoms with Gasteiger partial charge in [-0.1, -0.05) is 15.9 Å². The number of carbonyl (C=O) groups is 2. The van der Waals surface area contributed by atoms with Crippen molar-refractivity contribution in [3.63, 3.8) is 0 Å². The highest BCUT2D eigenvalue weighted by Crippen LogP contribution is 2.22. The first-order valence-electron chi connectivity index (χ1n) is 7.18. The minimum atomic E-state index is -0.239. The Balaban J connectivity index is 1.90. The summed E-state index contributed by atoms with van der Waals surface area (Å²) in [5.74, 6) is 5.27. The summed E-state index contributed by atoms with van der Waals surface area (Å²) < 4.78 is 6.56. The number of aryl methyl sites for hydroxylation is 1. The summed E-state index contributed by atoms with van der Waals surface area (Å²) in [5, 5.41) is 0. The number of nitrogens with zero attached hydrogens (tertiary/aromatic N) is 1. The number of hydrogen-bond donors (Lipinski definition) is 2. The van der Waals surface area contributed by atoms with Gasteiger partial charge in [0.2, 0.25) is 5.91 Å². The third kappa shape index (κ3) is 4.20. The molecule has 0 bridgehead atoms. The van der Waals surface area contributed by atoms with Crippen LogP contribution in [-0.4, -0.2) is 36.4 Å². The Morgan fingerprint density at radius 3 is 2.95 bits per heavy atom. The largest absolute Gasteiger partial charge is 0.483 e. The van der Waals surface area contributed by atoms with Crippen LogP contribution in [0.2, 0.25) is 0 Å². The summed E-state index contributed by atoms with van der Waals surface area (Å²) in [5.41, 5.74) is 3.11. The summed E-state index contributed by atoms with van der Waals surface area (Å²) >= 11 is 3.39. The molecule has 0 saturated carbocycles. The zero-order chi connectivity index (χ0) is 16.1. The smallest absolute Gasteiger partial charge is 0.260 e. The fourth-order valence-electron chi connectivity index (χ4n) is 2.54. The average molecular weight is 370 g/mol. The second-order valence-corrected chi connectivity index (χ2v) is 6.30. The van der Waals surface area contributed by atoms with Gasteiger partial charge in [0.25, 0.3) is 5.91 Å². The molecule has 6 nitrogen and oxygen atoms in total. The van der Waals surface area contributed by atoms with E-state index in [9.17, 15) is 9.59 Å².